The van der Waals surface area contributed by atoms with Crippen LogP contribution in [0.2, 0.25) is 0 Å². The van der Waals surface area contributed by atoms with Gasteiger partial charge in [-0.05, 0) is 77.2 Å². The van der Waals surface area contributed by atoms with Gasteiger partial charge in [0.1, 0.15) is 7.05 Å². The van der Waals surface area contributed by atoms with Crippen molar-refractivity contribution >= 4 is 27.1 Å². The summed E-state index contributed by atoms with van der Waals surface area (Å²) in [5.74, 6) is 0. The number of aryl methyl sites for hydroxylation is 2. The van der Waals surface area contributed by atoms with E-state index in [0.717, 1.165) is 0 Å². The molecule has 0 atom stereocenters. The van der Waals surface area contributed by atoms with Crippen LogP contribution in [0.1, 0.15) is 30.4 Å². The van der Waals surface area contributed by atoms with Gasteiger partial charge in [0.15, 0.2) is 6.20 Å². The molecule has 0 radical (unpaired) electrons. The first-order valence-corrected chi connectivity index (χ1v) is 9.82. The third kappa shape index (κ3) is 2.84. The largest absolute Gasteiger partial charge is 0.213 e. The molecule has 4 aromatic rings. The van der Waals surface area contributed by atoms with Gasteiger partial charge in [0, 0.05) is 17.0 Å². The fourth-order valence-corrected chi connectivity index (χ4v) is 4.34. The molecule has 0 saturated heterocycles. The number of hydrogen-bond acceptors (Lipinski definition) is 0. The predicted molar refractivity (Wildman–Crippen MR) is 115 cm³/mol. The van der Waals surface area contributed by atoms with E-state index in [4.69, 9.17) is 0 Å². The van der Waals surface area contributed by atoms with Crippen LogP contribution in [0.4, 0.5) is 0 Å². The molecule has 3 aromatic carbocycles. The monoisotopic (exact) mass is 350 g/mol. The Balaban J connectivity index is 1.71. The number of pyridine rings is 1. The highest BCUT2D eigenvalue weighted by molar-refractivity contribution is 5.98. The van der Waals surface area contributed by atoms with E-state index in [2.05, 4.69) is 91.5 Å². The second kappa shape index (κ2) is 6.35. The predicted octanol–water partition coefficient (Wildman–Crippen LogP) is 6.36. The van der Waals surface area contributed by atoms with Crippen molar-refractivity contribution < 1.29 is 4.57 Å². The minimum Gasteiger partial charge on any atom is -0.200 e. The van der Waals surface area contributed by atoms with Crippen LogP contribution in [-0.4, -0.2) is 0 Å². The number of fused-ring (bicyclic) bond motifs is 2. The van der Waals surface area contributed by atoms with Crippen LogP contribution in [0.25, 0.3) is 38.4 Å². The summed E-state index contributed by atoms with van der Waals surface area (Å²) in [6.45, 7) is 2.22. The molecule has 0 spiro atoms. The molecule has 27 heavy (non-hydrogen) atoms. The summed E-state index contributed by atoms with van der Waals surface area (Å²) < 4.78 is 2.27. The summed E-state index contributed by atoms with van der Waals surface area (Å²) in [6, 6.07) is 22.5. The van der Waals surface area contributed by atoms with Gasteiger partial charge in [-0.2, -0.15) is 0 Å². The van der Waals surface area contributed by atoms with Crippen molar-refractivity contribution in [3.63, 3.8) is 0 Å². The molecule has 1 aliphatic carbocycles. The quantitative estimate of drug-likeness (QED) is 0.292. The molecule has 0 amide bonds. The van der Waals surface area contributed by atoms with E-state index in [1.54, 1.807) is 0 Å². The molecule has 0 N–H and O–H groups in total. The summed E-state index contributed by atoms with van der Waals surface area (Å²) >= 11 is 0. The first-order chi connectivity index (χ1) is 13.2. The molecule has 0 unspecified atom stereocenters. The molecular formula is C26H24N+. The normalized spacial score (nSPS) is 14.1. The third-order valence-corrected chi connectivity index (χ3v) is 5.88. The molecule has 1 nitrogen and oxygen atoms in total. The van der Waals surface area contributed by atoms with Crippen LogP contribution in [-0.2, 0) is 7.05 Å². The van der Waals surface area contributed by atoms with Crippen LogP contribution in [0.5, 0.6) is 0 Å². The van der Waals surface area contributed by atoms with Crippen LogP contribution in [0.15, 0.2) is 72.9 Å². The fourth-order valence-electron chi connectivity index (χ4n) is 4.34. The standard InChI is InChI=1S/C26H24N/c1-18-11-12-22(19-7-3-4-8-19)15-25(18)26-16-23-13-20-9-5-6-10-21(20)14-24(23)17-27(26)2/h5-7,9-17H,3-4,8H2,1-2H3/q+1. The Morgan fingerprint density at radius 2 is 1.59 bits per heavy atom. The van der Waals surface area contributed by atoms with E-state index in [1.165, 1.54) is 68.8 Å². The molecule has 0 bridgehead atoms. The minimum absolute atomic E-state index is 1.21. The molecular weight excluding hydrogens is 326 g/mol. The summed E-state index contributed by atoms with van der Waals surface area (Å²) in [7, 11) is 2.16. The number of benzene rings is 3. The molecule has 1 heteroatoms. The van der Waals surface area contributed by atoms with Crippen molar-refractivity contribution in [2.24, 2.45) is 7.05 Å². The van der Waals surface area contributed by atoms with Gasteiger partial charge in [-0.1, -0.05) is 42.5 Å². The summed E-state index contributed by atoms with van der Waals surface area (Å²) in [4.78, 5) is 0. The Bertz CT molecular complexity index is 1210. The molecule has 1 aromatic heterocycles. The average molecular weight is 350 g/mol. The Hall–Kier alpha value is -2.93. The number of rotatable bonds is 2. The summed E-state index contributed by atoms with van der Waals surface area (Å²) in [6.07, 6.45) is 8.38. The van der Waals surface area contributed by atoms with Gasteiger partial charge in [0.2, 0.25) is 5.69 Å². The molecule has 0 aliphatic heterocycles. The van der Waals surface area contributed by atoms with Crippen LogP contribution in [0.3, 0.4) is 0 Å². The lowest BCUT2D eigenvalue weighted by Crippen LogP contribution is -2.30. The lowest BCUT2D eigenvalue weighted by molar-refractivity contribution is -0.659. The number of aromatic nitrogens is 1. The van der Waals surface area contributed by atoms with E-state index in [-0.39, 0.29) is 0 Å². The highest BCUT2D eigenvalue weighted by Gasteiger charge is 2.17. The first kappa shape index (κ1) is 16.3. The van der Waals surface area contributed by atoms with E-state index in [1.807, 2.05) is 0 Å². The van der Waals surface area contributed by atoms with Crippen molar-refractivity contribution in [3.8, 4) is 11.3 Å². The molecule has 0 saturated carbocycles. The van der Waals surface area contributed by atoms with Gasteiger partial charge in [-0.25, -0.2) is 4.57 Å². The van der Waals surface area contributed by atoms with Crippen molar-refractivity contribution in [1.29, 1.82) is 0 Å². The Morgan fingerprint density at radius 3 is 2.33 bits per heavy atom. The van der Waals surface area contributed by atoms with E-state index in [9.17, 15) is 0 Å². The second-order valence-corrected chi connectivity index (χ2v) is 7.75. The van der Waals surface area contributed by atoms with Gasteiger partial charge in [0.05, 0.1) is 0 Å². The topological polar surface area (TPSA) is 3.88 Å². The van der Waals surface area contributed by atoms with Gasteiger partial charge in [-0.15, -0.1) is 0 Å². The SMILES string of the molecule is Cc1ccc(C2=CCCC2)cc1-c1cc2cc3ccccc3cc2c[n+]1C. The highest BCUT2D eigenvalue weighted by Crippen LogP contribution is 2.32. The summed E-state index contributed by atoms with van der Waals surface area (Å²) in [5, 5.41) is 5.18. The maximum atomic E-state index is 2.40. The van der Waals surface area contributed by atoms with Crippen LogP contribution in [0, 0.1) is 6.92 Å². The maximum Gasteiger partial charge on any atom is 0.213 e. The molecule has 1 aliphatic rings. The van der Waals surface area contributed by atoms with Crippen LogP contribution < -0.4 is 4.57 Å². The second-order valence-electron chi connectivity index (χ2n) is 7.75. The van der Waals surface area contributed by atoms with Gasteiger partial charge in [-0.3, -0.25) is 0 Å². The van der Waals surface area contributed by atoms with Crippen molar-refractivity contribution in [3.05, 3.63) is 84.1 Å². The molecule has 1 heterocycles. The number of nitrogens with zero attached hydrogens (tertiary/aromatic N) is 1. The lowest BCUT2D eigenvalue weighted by atomic mass is 9.96. The Labute approximate surface area is 160 Å². The van der Waals surface area contributed by atoms with Crippen molar-refractivity contribution in [2.75, 3.05) is 0 Å². The zero-order valence-corrected chi connectivity index (χ0v) is 16.0. The first-order valence-electron chi connectivity index (χ1n) is 9.82. The highest BCUT2D eigenvalue weighted by atomic mass is 14.9. The Kier molecular flexibility index (Phi) is 3.82. The van der Waals surface area contributed by atoms with Gasteiger partial charge >= 0.3 is 0 Å². The summed E-state index contributed by atoms with van der Waals surface area (Å²) in [5.41, 5.74) is 6.82. The zero-order chi connectivity index (χ0) is 18.4. The van der Waals surface area contributed by atoms with Crippen molar-refractivity contribution in [1.82, 2.24) is 0 Å². The Morgan fingerprint density at radius 1 is 0.815 bits per heavy atom. The van der Waals surface area contributed by atoms with E-state index >= 15 is 0 Å². The van der Waals surface area contributed by atoms with Gasteiger partial charge in [0.25, 0.3) is 0 Å². The lowest BCUT2D eigenvalue weighted by Gasteiger charge is -2.10. The molecule has 0 fully saturated rings. The number of allylic oxidation sites excluding steroid dienone is 2. The third-order valence-electron chi connectivity index (χ3n) is 5.88. The smallest absolute Gasteiger partial charge is 0.200 e. The van der Waals surface area contributed by atoms with E-state index < -0.39 is 0 Å². The minimum atomic E-state index is 1.21. The molecule has 5 rings (SSSR count). The average Bonchev–Trinajstić information content (AvgIpc) is 3.21. The van der Waals surface area contributed by atoms with E-state index in [0.29, 0.717) is 0 Å². The fraction of sp³-hybridized carbons (Fsp3) is 0.192. The zero-order valence-electron chi connectivity index (χ0n) is 16.0. The molecule has 132 valence electrons. The number of hydrogen-bond donors (Lipinski definition) is 0. The van der Waals surface area contributed by atoms with Crippen LogP contribution >= 0.6 is 0 Å². The van der Waals surface area contributed by atoms with Crippen molar-refractivity contribution in [2.45, 2.75) is 26.2 Å². The maximum absolute atomic E-state index is 2.40. The van der Waals surface area contributed by atoms with Gasteiger partial charge < -0.3 is 0 Å².